The Balaban J connectivity index is 1.98. The average Bonchev–Trinajstić information content (AvgIpc) is 2.77. The van der Waals surface area contributed by atoms with Crippen LogP contribution in [0.15, 0.2) is 24.3 Å². The lowest BCUT2D eigenvalue weighted by molar-refractivity contribution is 0.302. The summed E-state index contributed by atoms with van der Waals surface area (Å²) in [4.78, 5) is 4.37. The fourth-order valence-electron chi connectivity index (χ4n) is 1.33. The Morgan fingerprint density at radius 1 is 1.22 bits per heavy atom. The van der Waals surface area contributed by atoms with Crippen molar-refractivity contribution in [1.29, 1.82) is 0 Å². The highest BCUT2D eigenvalue weighted by molar-refractivity contribution is 7.07. The highest BCUT2D eigenvalue weighted by atomic mass is 32.1. The molecule has 0 saturated heterocycles. The fraction of sp³-hybridized carbons (Fsp3) is 0.385. The number of nitrogens with zero attached hydrogens (tertiary/aromatic N) is 2. The molecule has 0 bridgehead atoms. The van der Waals surface area contributed by atoms with E-state index in [4.69, 9.17) is 10.5 Å². The van der Waals surface area contributed by atoms with E-state index in [1.807, 2.05) is 24.3 Å². The molecule has 18 heavy (non-hydrogen) atoms. The number of hydrogen-bond acceptors (Lipinski definition) is 5. The zero-order valence-electron chi connectivity index (χ0n) is 10.8. The van der Waals surface area contributed by atoms with Crippen LogP contribution in [-0.2, 0) is 12.0 Å². The molecule has 0 spiro atoms. The van der Waals surface area contributed by atoms with Crippen LogP contribution < -0.4 is 10.5 Å². The first kappa shape index (κ1) is 12.8. The van der Waals surface area contributed by atoms with E-state index < -0.39 is 0 Å². The van der Waals surface area contributed by atoms with Crippen molar-refractivity contribution in [1.82, 2.24) is 9.36 Å². The number of aromatic nitrogens is 2. The van der Waals surface area contributed by atoms with Crippen LogP contribution in [0.3, 0.4) is 0 Å². The van der Waals surface area contributed by atoms with Gasteiger partial charge in [0.05, 0.1) is 0 Å². The van der Waals surface area contributed by atoms with Gasteiger partial charge in [0, 0.05) is 22.6 Å². The number of ether oxygens (including phenoxy) is 1. The summed E-state index contributed by atoms with van der Waals surface area (Å²) in [6.07, 6.45) is 0. The summed E-state index contributed by atoms with van der Waals surface area (Å²) in [5.41, 5.74) is 7.40. The third-order valence-electron chi connectivity index (χ3n) is 2.42. The van der Waals surface area contributed by atoms with E-state index in [0.29, 0.717) is 11.8 Å². The molecular weight excluding hydrogens is 246 g/mol. The van der Waals surface area contributed by atoms with Gasteiger partial charge in [0.15, 0.2) is 5.82 Å². The lowest BCUT2D eigenvalue weighted by Crippen LogP contribution is -2.13. The van der Waals surface area contributed by atoms with E-state index in [2.05, 4.69) is 30.1 Å². The third-order valence-corrected chi connectivity index (χ3v) is 3.05. The number of nitrogen functional groups attached to an aromatic ring is 1. The normalized spacial score (nSPS) is 11.5. The van der Waals surface area contributed by atoms with Crippen molar-refractivity contribution in [2.45, 2.75) is 32.8 Å². The number of rotatable bonds is 3. The standard InChI is InChI=1S/C13H17N3OS/c1-13(2,3)11-15-12(18-16-11)17-8-9-4-6-10(14)7-5-9/h4-7H,8,14H2,1-3H3. The first-order valence-electron chi connectivity index (χ1n) is 5.76. The van der Waals surface area contributed by atoms with E-state index in [1.165, 1.54) is 11.5 Å². The Morgan fingerprint density at radius 2 is 1.89 bits per heavy atom. The van der Waals surface area contributed by atoms with Gasteiger partial charge >= 0.3 is 0 Å². The second-order valence-electron chi connectivity index (χ2n) is 5.16. The van der Waals surface area contributed by atoms with Crippen LogP contribution in [0.2, 0.25) is 0 Å². The zero-order valence-corrected chi connectivity index (χ0v) is 11.6. The molecule has 0 aliphatic heterocycles. The SMILES string of the molecule is CC(C)(C)c1nsc(OCc2ccc(N)cc2)n1. The highest BCUT2D eigenvalue weighted by Gasteiger charge is 2.19. The van der Waals surface area contributed by atoms with Gasteiger partial charge in [0.25, 0.3) is 5.19 Å². The Hall–Kier alpha value is -1.62. The summed E-state index contributed by atoms with van der Waals surface area (Å²) in [5.74, 6) is 0.819. The van der Waals surface area contributed by atoms with Gasteiger partial charge in [0.1, 0.15) is 6.61 Å². The molecule has 1 aromatic heterocycles. The zero-order chi connectivity index (χ0) is 13.2. The second-order valence-corrected chi connectivity index (χ2v) is 5.88. The van der Waals surface area contributed by atoms with E-state index in [-0.39, 0.29) is 5.41 Å². The van der Waals surface area contributed by atoms with Crippen molar-refractivity contribution in [3.63, 3.8) is 0 Å². The van der Waals surface area contributed by atoms with Crippen LogP contribution >= 0.6 is 11.5 Å². The maximum atomic E-state index is 5.62. The molecule has 96 valence electrons. The summed E-state index contributed by atoms with van der Waals surface area (Å²) >= 11 is 1.29. The molecule has 0 aliphatic rings. The summed E-state index contributed by atoms with van der Waals surface area (Å²) in [6.45, 7) is 6.73. The van der Waals surface area contributed by atoms with Crippen molar-refractivity contribution in [2.75, 3.05) is 5.73 Å². The van der Waals surface area contributed by atoms with Crippen LogP contribution in [0, 0.1) is 0 Å². The molecule has 0 saturated carbocycles. The van der Waals surface area contributed by atoms with Crippen LogP contribution in [-0.4, -0.2) is 9.36 Å². The molecule has 0 fully saturated rings. The lowest BCUT2D eigenvalue weighted by Gasteiger charge is -2.12. The monoisotopic (exact) mass is 263 g/mol. The number of hydrogen-bond donors (Lipinski definition) is 1. The minimum Gasteiger partial charge on any atom is -0.464 e. The van der Waals surface area contributed by atoms with Gasteiger partial charge in [-0.05, 0) is 17.7 Å². The van der Waals surface area contributed by atoms with Crippen LogP contribution in [0.4, 0.5) is 5.69 Å². The summed E-state index contributed by atoms with van der Waals surface area (Å²) in [5, 5.41) is 0.608. The van der Waals surface area contributed by atoms with Crippen LogP contribution in [0.1, 0.15) is 32.2 Å². The first-order valence-corrected chi connectivity index (χ1v) is 6.54. The summed E-state index contributed by atoms with van der Waals surface area (Å²) < 4.78 is 9.91. The summed E-state index contributed by atoms with van der Waals surface area (Å²) in [6, 6.07) is 7.61. The molecule has 2 N–H and O–H groups in total. The third kappa shape index (κ3) is 3.20. The maximum absolute atomic E-state index is 5.62. The number of benzene rings is 1. The highest BCUT2D eigenvalue weighted by Crippen LogP contribution is 2.24. The Labute approximate surface area is 111 Å². The molecular formula is C13H17N3OS. The van der Waals surface area contributed by atoms with E-state index in [9.17, 15) is 0 Å². The van der Waals surface area contributed by atoms with Crippen molar-refractivity contribution >= 4 is 17.2 Å². The maximum Gasteiger partial charge on any atom is 0.293 e. The van der Waals surface area contributed by atoms with Gasteiger partial charge < -0.3 is 10.5 Å². The molecule has 0 aliphatic carbocycles. The minimum atomic E-state index is -0.0424. The molecule has 0 amide bonds. The molecule has 0 atom stereocenters. The van der Waals surface area contributed by atoms with Crippen molar-refractivity contribution in [3.8, 4) is 5.19 Å². The molecule has 5 heteroatoms. The molecule has 2 aromatic rings. The second kappa shape index (κ2) is 4.94. The van der Waals surface area contributed by atoms with Gasteiger partial charge in [-0.3, -0.25) is 0 Å². The predicted molar refractivity (Wildman–Crippen MR) is 73.8 cm³/mol. The molecule has 2 rings (SSSR count). The Bertz CT molecular complexity index is 514. The van der Waals surface area contributed by atoms with Crippen molar-refractivity contribution < 1.29 is 4.74 Å². The Kier molecular flexibility index (Phi) is 3.52. The molecule has 1 aromatic carbocycles. The quantitative estimate of drug-likeness (QED) is 0.865. The fourth-order valence-corrected chi connectivity index (χ4v) is 2.05. The molecule has 0 radical (unpaired) electrons. The van der Waals surface area contributed by atoms with E-state index in [1.54, 1.807) is 0 Å². The summed E-state index contributed by atoms with van der Waals surface area (Å²) in [7, 11) is 0. The average molecular weight is 263 g/mol. The lowest BCUT2D eigenvalue weighted by atomic mass is 9.96. The topological polar surface area (TPSA) is 61.0 Å². The largest absolute Gasteiger partial charge is 0.464 e. The predicted octanol–water partition coefficient (Wildman–Crippen LogP) is 3.00. The molecule has 0 unspecified atom stereocenters. The minimum absolute atomic E-state index is 0.0424. The van der Waals surface area contributed by atoms with Crippen molar-refractivity contribution in [3.05, 3.63) is 35.7 Å². The molecule has 1 heterocycles. The number of anilines is 1. The van der Waals surface area contributed by atoms with E-state index >= 15 is 0 Å². The first-order chi connectivity index (χ1) is 8.45. The van der Waals surface area contributed by atoms with Gasteiger partial charge in [-0.2, -0.15) is 9.36 Å². The van der Waals surface area contributed by atoms with Gasteiger partial charge in [0.2, 0.25) is 0 Å². The van der Waals surface area contributed by atoms with Crippen LogP contribution in [0.5, 0.6) is 5.19 Å². The number of nitrogens with two attached hydrogens (primary N) is 1. The Morgan fingerprint density at radius 3 is 2.44 bits per heavy atom. The smallest absolute Gasteiger partial charge is 0.293 e. The van der Waals surface area contributed by atoms with Gasteiger partial charge in [-0.25, -0.2) is 0 Å². The van der Waals surface area contributed by atoms with Gasteiger partial charge in [-0.1, -0.05) is 32.9 Å². The van der Waals surface area contributed by atoms with Gasteiger partial charge in [-0.15, -0.1) is 0 Å². The van der Waals surface area contributed by atoms with Crippen molar-refractivity contribution in [2.24, 2.45) is 0 Å². The van der Waals surface area contributed by atoms with E-state index in [0.717, 1.165) is 17.1 Å². The van der Waals surface area contributed by atoms with Crippen LogP contribution in [0.25, 0.3) is 0 Å². The molecule has 4 nitrogen and oxygen atoms in total.